The second-order valence-electron chi connectivity index (χ2n) is 4.18. The summed E-state index contributed by atoms with van der Waals surface area (Å²) >= 11 is 5.78. The fourth-order valence-electron chi connectivity index (χ4n) is 1.64. The number of halogens is 1. The second kappa shape index (κ2) is 5.71. The third-order valence-electron chi connectivity index (χ3n) is 2.74. The summed E-state index contributed by atoms with van der Waals surface area (Å²) in [5, 5.41) is 12.8. The smallest absolute Gasteiger partial charge is 0.293 e. The van der Waals surface area contributed by atoms with Crippen LogP contribution >= 0.6 is 11.6 Å². The summed E-state index contributed by atoms with van der Waals surface area (Å²) in [6.45, 7) is 1.75. The van der Waals surface area contributed by atoms with Gasteiger partial charge in [0.25, 0.3) is 5.91 Å². The number of aromatic hydroxyl groups is 1. The summed E-state index contributed by atoms with van der Waals surface area (Å²) in [6, 6.07) is 9.71. The molecule has 98 valence electrons. The van der Waals surface area contributed by atoms with Crippen molar-refractivity contribution in [2.75, 3.05) is 5.32 Å². The highest BCUT2D eigenvalue weighted by atomic mass is 35.5. The maximum absolute atomic E-state index is 12.1. The van der Waals surface area contributed by atoms with Gasteiger partial charge in [0, 0.05) is 23.7 Å². The second-order valence-corrected chi connectivity index (χ2v) is 4.62. The number of anilines is 1. The Bertz CT molecular complexity index is 584. The molecule has 0 saturated carbocycles. The predicted octanol–water partition coefficient (Wildman–Crippen LogP) is 2.53. The van der Waals surface area contributed by atoms with E-state index in [9.17, 15) is 9.90 Å². The van der Waals surface area contributed by atoms with Crippen molar-refractivity contribution in [2.24, 2.45) is 0 Å². The Hall–Kier alpha value is -2.07. The van der Waals surface area contributed by atoms with Crippen LogP contribution in [0.1, 0.15) is 13.0 Å². The van der Waals surface area contributed by atoms with Gasteiger partial charge in [-0.2, -0.15) is 4.57 Å². The Morgan fingerprint density at radius 2 is 2.00 bits per heavy atom. The van der Waals surface area contributed by atoms with Gasteiger partial charge in [-0.25, -0.2) is 0 Å². The molecule has 4 nitrogen and oxygen atoms in total. The van der Waals surface area contributed by atoms with Gasteiger partial charge >= 0.3 is 0 Å². The maximum Gasteiger partial charge on any atom is 0.293 e. The SMILES string of the molecule is C[C@H](C(=O)Nc1ccc(Cl)cc1)[n+]1cccc(O)c1. The van der Waals surface area contributed by atoms with Gasteiger partial charge in [-0.1, -0.05) is 11.6 Å². The summed E-state index contributed by atoms with van der Waals surface area (Å²) < 4.78 is 1.64. The van der Waals surface area contributed by atoms with E-state index < -0.39 is 6.04 Å². The van der Waals surface area contributed by atoms with E-state index in [2.05, 4.69) is 5.32 Å². The lowest BCUT2D eigenvalue weighted by Gasteiger charge is -2.08. The van der Waals surface area contributed by atoms with E-state index in [1.165, 1.54) is 6.20 Å². The summed E-state index contributed by atoms with van der Waals surface area (Å²) in [4.78, 5) is 12.1. The number of amides is 1. The zero-order valence-electron chi connectivity index (χ0n) is 10.4. The number of pyridine rings is 1. The lowest BCUT2D eigenvalue weighted by molar-refractivity contribution is -0.705. The number of carbonyl (C=O) groups excluding carboxylic acids is 1. The first-order valence-corrected chi connectivity index (χ1v) is 6.20. The van der Waals surface area contributed by atoms with Crippen LogP contribution in [-0.4, -0.2) is 11.0 Å². The number of hydrogen-bond donors (Lipinski definition) is 2. The summed E-state index contributed by atoms with van der Waals surface area (Å²) in [5.74, 6) is -0.0495. The molecule has 2 aromatic rings. The van der Waals surface area contributed by atoms with Crippen LogP contribution in [0.4, 0.5) is 5.69 Å². The minimum absolute atomic E-state index is 0.119. The Labute approximate surface area is 116 Å². The molecular weight excluding hydrogens is 264 g/mol. The molecule has 0 fully saturated rings. The fraction of sp³-hybridized carbons (Fsp3) is 0.143. The Balaban J connectivity index is 2.09. The van der Waals surface area contributed by atoms with E-state index in [1.54, 1.807) is 54.1 Å². The van der Waals surface area contributed by atoms with Crippen molar-refractivity contribution < 1.29 is 14.5 Å². The molecule has 0 aliphatic rings. The van der Waals surface area contributed by atoms with Crippen molar-refractivity contribution in [3.8, 4) is 5.75 Å². The lowest BCUT2D eigenvalue weighted by Crippen LogP contribution is -2.43. The molecule has 1 heterocycles. The predicted molar refractivity (Wildman–Crippen MR) is 73.1 cm³/mol. The van der Waals surface area contributed by atoms with Crippen LogP contribution in [0.5, 0.6) is 5.75 Å². The van der Waals surface area contributed by atoms with Gasteiger partial charge in [0.05, 0.1) is 0 Å². The molecule has 1 amide bonds. The molecule has 0 aliphatic heterocycles. The molecule has 2 N–H and O–H groups in total. The summed E-state index contributed by atoms with van der Waals surface area (Å²) in [5.41, 5.74) is 0.682. The largest absolute Gasteiger partial charge is 0.503 e. The number of nitrogens with one attached hydrogen (secondary N) is 1. The molecule has 1 atom stereocenters. The van der Waals surface area contributed by atoms with Crippen molar-refractivity contribution in [2.45, 2.75) is 13.0 Å². The van der Waals surface area contributed by atoms with Crippen molar-refractivity contribution in [1.29, 1.82) is 0 Å². The minimum atomic E-state index is -0.428. The van der Waals surface area contributed by atoms with Crippen molar-refractivity contribution in [3.63, 3.8) is 0 Å². The topological polar surface area (TPSA) is 53.2 Å². The van der Waals surface area contributed by atoms with E-state index in [0.717, 1.165) is 0 Å². The highest BCUT2D eigenvalue weighted by Crippen LogP contribution is 2.14. The van der Waals surface area contributed by atoms with Gasteiger partial charge in [-0.3, -0.25) is 4.79 Å². The molecule has 0 radical (unpaired) electrons. The molecule has 5 heteroatoms. The molecule has 0 spiro atoms. The zero-order valence-corrected chi connectivity index (χ0v) is 11.1. The Kier molecular flexibility index (Phi) is 4.02. The summed E-state index contributed by atoms with van der Waals surface area (Å²) in [6.07, 6.45) is 3.23. The van der Waals surface area contributed by atoms with Crippen LogP contribution in [-0.2, 0) is 4.79 Å². The van der Waals surface area contributed by atoms with E-state index in [0.29, 0.717) is 10.7 Å². The van der Waals surface area contributed by atoms with Crippen LogP contribution in [0.15, 0.2) is 48.8 Å². The standard InChI is InChI=1S/C14H13ClN2O2/c1-10(17-8-2-3-13(18)9-17)14(19)16-12-6-4-11(15)5-7-12/h2-10H,1H3,(H-,16,18,19)/p+1/t10-/m1/s1. The number of benzene rings is 1. The van der Waals surface area contributed by atoms with Crippen molar-refractivity contribution in [1.82, 2.24) is 0 Å². The van der Waals surface area contributed by atoms with Crippen molar-refractivity contribution >= 4 is 23.2 Å². The Morgan fingerprint density at radius 3 is 2.63 bits per heavy atom. The first-order valence-electron chi connectivity index (χ1n) is 5.82. The minimum Gasteiger partial charge on any atom is -0.503 e. The molecule has 1 aromatic carbocycles. The molecule has 0 unspecified atom stereocenters. The van der Waals surface area contributed by atoms with Crippen LogP contribution in [0, 0.1) is 0 Å². The number of aromatic nitrogens is 1. The number of rotatable bonds is 3. The van der Waals surface area contributed by atoms with Crippen LogP contribution in [0.2, 0.25) is 5.02 Å². The van der Waals surface area contributed by atoms with Gasteiger partial charge in [0.15, 0.2) is 11.9 Å². The van der Waals surface area contributed by atoms with Crippen molar-refractivity contribution in [3.05, 3.63) is 53.8 Å². The average Bonchev–Trinajstić information content (AvgIpc) is 2.40. The first kappa shape index (κ1) is 13.4. The van der Waals surface area contributed by atoms with Gasteiger partial charge in [-0.05, 0) is 30.3 Å². The van der Waals surface area contributed by atoms with Crippen LogP contribution in [0.3, 0.4) is 0 Å². The number of carbonyl (C=O) groups is 1. The third-order valence-corrected chi connectivity index (χ3v) is 3.00. The van der Waals surface area contributed by atoms with Gasteiger partial charge < -0.3 is 10.4 Å². The molecule has 0 bridgehead atoms. The van der Waals surface area contributed by atoms with E-state index >= 15 is 0 Å². The normalized spacial score (nSPS) is 11.9. The monoisotopic (exact) mass is 277 g/mol. The average molecular weight is 278 g/mol. The molecule has 2 rings (SSSR count). The molecule has 1 aromatic heterocycles. The van der Waals surface area contributed by atoms with E-state index in [4.69, 9.17) is 11.6 Å². The molecule has 19 heavy (non-hydrogen) atoms. The Morgan fingerprint density at radius 1 is 1.32 bits per heavy atom. The van der Waals surface area contributed by atoms with Crippen LogP contribution < -0.4 is 9.88 Å². The number of hydrogen-bond acceptors (Lipinski definition) is 2. The fourth-order valence-corrected chi connectivity index (χ4v) is 1.76. The molecular formula is C14H14ClN2O2+. The van der Waals surface area contributed by atoms with Gasteiger partial charge in [0.2, 0.25) is 12.2 Å². The zero-order chi connectivity index (χ0) is 13.8. The van der Waals surface area contributed by atoms with E-state index in [-0.39, 0.29) is 11.7 Å². The number of nitrogens with zero attached hydrogens (tertiary/aromatic N) is 1. The summed E-state index contributed by atoms with van der Waals surface area (Å²) in [7, 11) is 0. The highest BCUT2D eigenvalue weighted by molar-refractivity contribution is 6.30. The van der Waals surface area contributed by atoms with Crippen LogP contribution in [0.25, 0.3) is 0 Å². The van der Waals surface area contributed by atoms with Gasteiger partial charge in [0.1, 0.15) is 0 Å². The maximum atomic E-state index is 12.1. The quantitative estimate of drug-likeness (QED) is 0.847. The van der Waals surface area contributed by atoms with Gasteiger partial charge in [-0.15, -0.1) is 0 Å². The molecule has 0 saturated heterocycles. The molecule has 0 aliphatic carbocycles. The first-order chi connectivity index (χ1) is 9.06. The third kappa shape index (κ3) is 3.45. The lowest BCUT2D eigenvalue weighted by atomic mass is 10.2. The highest BCUT2D eigenvalue weighted by Gasteiger charge is 2.22. The van der Waals surface area contributed by atoms with E-state index in [1.807, 2.05) is 0 Å².